The summed E-state index contributed by atoms with van der Waals surface area (Å²) < 4.78 is 2.43. The zero-order valence-corrected chi connectivity index (χ0v) is 11.5. The molecule has 2 heterocycles. The molecule has 0 aliphatic heterocycles. The van der Waals surface area contributed by atoms with Crippen molar-refractivity contribution in [3.8, 4) is 0 Å². The van der Waals surface area contributed by atoms with Crippen molar-refractivity contribution in [3.05, 3.63) is 47.0 Å². The number of carbonyl (C=O) groups excluding carboxylic acids is 1. The molecule has 0 aromatic carbocycles. The number of pyridine rings is 1. The van der Waals surface area contributed by atoms with Crippen LogP contribution in [0.25, 0.3) is 0 Å². The lowest BCUT2D eigenvalue weighted by atomic mass is 10.3. The molecule has 6 heteroatoms. The quantitative estimate of drug-likeness (QED) is 0.877. The fourth-order valence-electron chi connectivity index (χ4n) is 1.57. The number of amides is 1. The summed E-state index contributed by atoms with van der Waals surface area (Å²) in [5.41, 5.74) is 0.400. The van der Waals surface area contributed by atoms with Gasteiger partial charge in [-0.25, -0.2) is 4.98 Å². The van der Waals surface area contributed by atoms with Crippen molar-refractivity contribution in [2.24, 2.45) is 0 Å². The molecule has 0 aliphatic rings. The third-order valence-electron chi connectivity index (χ3n) is 2.35. The third kappa shape index (κ3) is 3.40. The Kier molecular flexibility index (Phi) is 4.09. The summed E-state index contributed by atoms with van der Waals surface area (Å²) >= 11 is 3.24. The van der Waals surface area contributed by atoms with Crippen LogP contribution in [0.1, 0.15) is 17.4 Å². The van der Waals surface area contributed by atoms with Gasteiger partial charge in [-0.3, -0.25) is 9.48 Å². The van der Waals surface area contributed by atoms with Crippen molar-refractivity contribution < 1.29 is 4.79 Å². The maximum Gasteiger partial charge on any atom is 0.270 e. The van der Waals surface area contributed by atoms with Gasteiger partial charge in [0.05, 0.1) is 6.54 Å². The number of nitrogens with one attached hydrogen (secondary N) is 1. The Morgan fingerprint density at radius 3 is 3.00 bits per heavy atom. The van der Waals surface area contributed by atoms with E-state index < -0.39 is 0 Å². The molecule has 1 unspecified atom stereocenters. The highest BCUT2D eigenvalue weighted by atomic mass is 79.9. The molecular weight excluding hydrogens is 296 g/mol. The van der Waals surface area contributed by atoms with Crippen LogP contribution >= 0.6 is 15.9 Å². The Hall–Kier alpha value is -1.69. The summed E-state index contributed by atoms with van der Waals surface area (Å²) in [5.74, 6) is -0.184. The highest BCUT2D eigenvalue weighted by Crippen LogP contribution is 2.06. The Morgan fingerprint density at radius 2 is 2.33 bits per heavy atom. The van der Waals surface area contributed by atoms with Crippen molar-refractivity contribution in [2.75, 3.05) is 0 Å². The first-order valence-electron chi connectivity index (χ1n) is 5.56. The van der Waals surface area contributed by atoms with Gasteiger partial charge in [-0.2, -0.15) is 5.10 Å². The van der Waals surface area contributed by atoms with E-state index in [1.54, 1.807) is 29.1 Å². The van der Waals surface area contributed by atoms with Crippen LogP contribution in [-0.4, -0.2) is 26.7 Å². The Labute approximate surface area is 113 Å². The number of hydrogen-bond donors (Lipinski definition) is 1. The van der Waals surface area contributed by atoms with Gasteiger partial charge in [0.15, 0.2) is 0 Å². The van der Waals surface area contributed by atoms with E-state index in [0.717, 1.165) is 0 Å². The summed E-state index contributed by atoms with van der Waals surface area (Å²) in [5, 5.41) is 6.97. The first-order chi connectivity index (χ1) is 8.65. The number of nitrogens with zero attached hydrogens (tertiary/aromatic N) is 3. The topological polar surface area (TPSA) is 59.8 Å². The molecule has 5 nitrogen and oxygen atoms in total. The molecular formula is C12H13BrN4O. The van der Waals surface area contributed by atoms with Crippen LogP contribution in [-0.2, 0) is 6.54 Å². The second-order valence-electron chi connectivity index (χ2n) is 3.95. The number of aromatic nitrogens is 3. The van der Waals surface area contributed by atoms with E-state index in [4.69, 9.17) is 0 Å². The van der Waals surface area contributed by atoms with Gasteiger partial charge in [0, 0.05) is 18.4 Å². The zero-order valence-electron chi connectivity index (χ0n) is 9.88. The summed E-state index contributed by atoms with van der Waals surface area (Å²) in [7, 11) is 0. The first kappa shape index (κ1) is 12.8. The fraction of sp³-hybridized carbons (Fsp3) is 0.250. The normalized spacial score (nSPS) is 12.1. The van der Waals surface area contributed by atoms with Gasteiger partial charge in [0.1, 0.15) is 10.3 Å². The maximum absolute atomic E-state index is 11.9. The highest BCUT2D eigenvalue weighted by molar-refractivity contribution is 9.10. The third-order valence-corrected chi connectivity index (χ3v) is 2.79. The maximum atomic E-state index is 11.9. The number of carbonyl (C=O) groups is 1. The molecule has 0 bridgehead atoms. The van der Waals surface area contributed by atoms with E-state index in [1.165, 1.54) is 0 Å². The highest BCUT2D eigenvalue weighted by Gasteiger charge is 2.11. The van der Waals surface area contributed by atoms with Gasteiger partial charge in [0.2, 0.25) is 0 Å². The summed E-state index contributed by atoms with van der Waals surface area (Å²) in [6.07, 6.45) is 3.57. The minimum absolute atomic E-state index is 0.0156. The average molecular weight is 309 g/mol. The standard InChI is InChI=1S/C12H13BrN4O/c1-9(8-17-7-3-6-14-17)15-12(18)10-4-2-5-11(13)16-10/h2-7,9H,8H2,1H3,(H,15,18). The van der Waals surface area contributed by atoms with Gasteiger partial charge in [0.25, 0.3) is 5.91 Å². The van der Waals surface area contributed by atoms with E-state index in [0.29, 0.717) is 16.8 Å². The molecule has 1 N–H and O–H groups in total. The van der Waals surface area contributed by atoms with Gasteiger partial charge in [-0.05, 0) is 41.1 Å². The predicted molar refractivity (Wildman–Crippen MR) is 71.1 cm³/mol. The lowest BCUT2D eigenvalue weighted by Crippen LogP contribution is -2.36. The second-order valence-corrected chi connectivity index (χ2v) is 4.76. The van der Waals surface area contributed by atoms with Crippen LogP contribution in [0.2, 0.25) is 0 Å². The first-order valence-corrected chi connectivity index (χ1v) is 6.35. The molecule has 0 fully saturated rings. The van der Waals surface area contributed by atoms with Crippen LogP contribution in [0.3, 0.4) is 0 Å². The molecule has 0 saturated carbocycles. The zero-order chi connectivity index (χ0) is 13.0. The van der Waals surface area contributed by atoms with Crippen LogP contribution in [0, 0.1) is 0 Å². The largest absolute Gasteiger partial charge is 0.346 e. The van der Waals surface area contributed by atoms with Crippen molar-refractivity contribution in [1.82, 2.24) is 20.1 Å². The lowest BCUT2D eigenvalue weighted by molar-refractivity contribution is 0.0931. The molecule has 18 heavy (non-hydrogen) atoms. The van der Waals surface area contributed by atoms with Crippen molar-refractivity contribution in [3.63, 3.8) is 0 Å². The van der Waals surface area contributed by atoms with Crippen molar-refractivity contribution in [2.45, 2.75) is 19.5 Å². The van der Waals surface area contributed by atoms with Crippen LogP contribution in [0.15, 0.2) is 41.3 Å². The molecule has 94 valence electrons. The Balaban J connectivity index is 1.95. The van der Waals surface area contributed by atoms with Gasteiger partial charge in [-0.1, -0.05) is 6.07 Å². The van der Waals surface area contributed by atoms with Gasteiger partial charge in [-0.15, -0.1) is 0 Å². The van der Waals surface area contributed by atoms with E-state index >= 15 is 0 Å². The number of hydrogen-bond acceptors (Lipinski definition) is 3. The van der Waals surface area contributed by atoms with E-state index in [2.05, 4.69) is 31.3 Å². The molecule has 0 saturated heterocycles. The molecule has 0 spiro atoms. The van der Waals surface area contributed by atoms with E-state index in [-0.39, 0.29) is 11.9 Å². The van der Waals surface area contributed by atoms with Crippen LogP contribution in [0.5, 0.6) is 0 Å². The Bertz CT molecular complexity index is 527. The van der Waals surface area contributed by atoms with Crippen LogP contribution < -0.4 is 5.32 Å². The average Bonchev–Trinajstić information content (AvgIpc) is 2.81. The second kappa shape index (κ2) is 5.77. The SMILES string of the molecule is CC(Cn1cccn1)NC(=O)c1cccc(Br)n1. The summed E-state index contributed by atoms with van der Waals surface area (Å²) in [4.78, 5) is 16.0. The van der Waals surface area contributed by atoms with Crippen LogP contribution in [0.4, 0.5) is 0 Å². The van der Waals surface area contributed by atoms with Gasteiger partial charge < -0.3 is 5.32 Å². The van der Waals surface area contributed by atoms with Crippen molar-refractivity contribution >= 4 is 21.8 Å². The fourth-order valence-corrected chi connectivity index (χ4v) is 1.91. The molecule has 2 rings (SSSR count). The minimum atomic E-state index is -0.184. The monoisotopic (exact) mass is 308 g/mol. The Morgan fingerprint density at radius 1 is 1.50 bits per heavy atom. The van der Waals surface area contributed by atoms with Crippen molar-refractivity contribution in [1.29, 1.82) is 0 Å². The summed E-state index contributed by atoms with van der Waals surface area (Å²) in [6, 6.07) is 7.08. The lowest BCUT2D eigenvalue weighted by Gasteiger charge is -2.13. The van der Waals surface area contributed by atoms with E-state index in [9.17, 15) is 4.79 Å². The molecule has 2 aromatic rings. The molecule has 1 amide bonds. The number of rotatable bonds is 4. The smallest absolute Gasteiger partial charge is 0.270 e. The predicted octanol–water partition coefficient (Wildman–Crippen LogP) is 1.86. The summed E-state index contributed by atoms with van der Waals surface area (Å²) in [6.45, 7) is 2.56. The molecule has 1 atom stereocenters. The number of halogens is 1. The molecule has 0 radical (unpaired) electrons. The van der Waals surface area contributed by atoms with E-state index in [1.807, 2.05) is 19.2 Å². The molecule has 2 aromatic heterocycles. The minimum Gasteiger partial charge on any atom is -0.346 e. The van der Waals surface area contributed by atoms with Gasteiger partial charge >= 0.3 is 0 Å². The molecule has 0 aliphatic carbocycles.